The second kappa shape index (κ2) is 5.80. The Kier molecular flexibility index (Phi) is 4.36. The molecule has 0 N–H and O–H groups in total. The molecule has 17 heavy (non-hydrogen) atoms. The number of pyridine rings is 1. The Bertz CT molecular complexity index is 375. The maximum atomic E-state index is 6.00. The van der Waals surface area contributed by atoms with Gasteiger partial charge in [0.05, 0.1) is 6.20 Å². The summed E-state index contributed by atoms with van der Waals surface area (Å²) in [5, 5.41) is 0. The van der Waals surface area contributed by atoms with Gasteiger partial charge in [-0.05, 0) is 35.6 Å². The van der Waals surface area contributed by atoms with Crippen LogP contribution < -0.4 is 4.74 Å². The van der Waals surface area contributed by atoms with Gasteiger partial charge in [0.25, 0.3) is 0 Å². The van der Waals surface area contributed by atoms with Crippen LogP contribution in [0.1, 0.15) is 6.92 Å². The number of halogens is 1. The van der Waals surface area contributed by atoms with Gasteiger partial charge in [-0.3, -0.25) is 9.88 Å². The Morgan fingerprint density at radius 3 is 3.00 bits per heavy atom. The molecule has 5 heteroatoms. The predicted octanol–water partition coefficient (Wildman–Crippen LogP) is 1.82. The van der Waals surface area contributed by atoms with E-state index in [1.807, 2.05) is 6.07 Å². The number of hydrogen-bond donors (Lipinski definition) is 0. The van der Waals surface area contributed by atoms with E-state index < -0.39 is 0 Å². The van der Waals surface area contributed by atoms with E-state index in [1.165, 1.54) is 0 Å². The molecule has 1 aliphatic rings. The normalized spacial score (nSPS) is 22.6. The van der Waals surface area contributed by atoms with E-state index in [1.54, 1.807) is 12.4 Å². The summed E-state index contributed by atoms with van der Waals surface area (Å²) >= 11 is 3.40. The van der Waals surface area contributed by atoms with E-state index in [0.717, 1.165) is 36.4 Å². The van der Waals surface area contributed by atoms with Gasteiger partial charge in [0.1, 0.15) is 5.75 Å². The summed E-state index contributed by atoms with van der Waals surface area (Å²) in [6.07, 6.45) is 3.64. The molecule has 94 valence electrons. The molecule has 1 aromatic heterocycles. The molecule has 4 nitrogen and oxygen atoms in total. The number of ether oxygens (including phenoxy) is 1. The average molecular weight is 300 g/mol. The number of rotatable bonds is 3. The summed E-state index contributed by atoms with van der Waals surface area (Å²) < 4.78 is 6.95. The summed E-state index contributed by atoms with van der Waals surface area (Å²) in [5.41, 5.74) is 0. The van der Waals surface area contributed by atoms with E-state index in [9.17, 15) is 0 Å². The largest absolute Gasteiger partial charge is 0.472 e. The molecule has 0 amide bonds. The van der Waals surface area contributed by atoms with Crippen LogP contribution in [0.2, 0.25) is 0 Å². The smallest absolute Gasteiger partial charge is 0.165 e. The Morgan fingerprint density at radius 2 is 2.29 bits per heavy atom. The van der Waals surface area contributed by atoms with Crippen molar-refractivity contribution in [2.75, 3.05) is 33.2 Å². The van der Waals surface area contributed by atoms with Crippen LogP contribution in [-0.4, -0.2) is 54.2 Å². The Morgan fingerprint density at radius 1 is 1.47 bits per heavy atom. The van der Waals surface area contributed by atoms with Crippen molar-refractivity contribution in [1.29, 1.82) is 0 Å². The van der Waals surface area contributed by atoms with Gasteiger partial charge < -0.3 is 9.64 Å². The minimum Gasteiger partial charge on any atom is -0.472 e. The molecule has 0 bridgehead atoms. The first-order valence-corrected chi connectivity index (χ1v) is 6.68. The summed E-state index contributed by atoms with van der Waals surface area (Å²) in [4.78, 5) is 8.76. The fourth-order valence-electron chi connectivity index (χ4n) is 2.00. The molecule has 0 spiro atoms. The topological polar surface area (TPSA) is 28.6 Å². The van der Waals surface area contributed by atoms with Crippen molar-refractivity contribution in [3.05, 3.63) is 22.9 Å². The fraction of sp³-hybridized carbons (Fsp3) is 0.583. The third-order valence-corrected chi connectivity index (χ3v) is 3.44. The number of aromatic nitrogens is 1. The maximum Gasteiger partial charge on any atom is 0.165 e. The Balaban J connectivity index is 2.04. The molecule has 1 atom stereocenters. The van der Waals surface area contributed by atoms with Crippen molar-refractivity contribution >= 4 is 15.9 Å². The molecule has 1 unspecified atom stereocenters. The zero-order valence-corrected chi connectivity index (χ0v) is 11.9. The number of hydrogen-bond acceptors (Lipinski definition) is 4. The Hall–Kier alpha value is -0.650. The van der Waals surface area contributed by atoms with E-state index in [-0.39, 0.29) is 6.23 Å². The van der Waals surface area contributed by atoms with Crippen LogP contribution in [0.15, 0.2) is 22.9 Å². The minimum absolute atomic E-state index is 0.120. The SMILES string of the molecule is CCN1CCN(C)CC1Oc1cncc(Br)c1. The standard InChI is InChI=1S/C12H18BrN3O/c1-3-16-5-4-15(2)9-12(16)17-11-6-10(13)7-14-8-11/h6-8,12H,3-5,9H2,1-2H3. The van der Waals surface area contributed by atoms with Crippen LogP contribution in [0, 0.1) is 0 Å². The second-order valence-corrected chi connectivity index (χ2v) is 5.22. The summed E-state index contributed by atoms with van der Waals surface area (Å²) in [5.74, 6) is 0.818. The van der Waals surface area contributed by atoms with Crippen molar-refractivity contribution in [2.24, 2.45) is 0 Å². The summed E-state index contributed by atoms with van der Waals surface area (Å²) in [6.45, 7) is 6.27. The zero-order chi connectivity index (χ0) is 12.3. The highest BCUT2D eigenvalue weighted by molar-refractivity contribution is 9.10. The highest BCUT2D eigenvalue weighted by Gasteiger charge is 2.25. The predicted molar refractivity (Wildman–Crippen MR) is 71.1 cm³/mol. The number of nitrogens with zero attached hydrogens (tertiary/aromatic N) is 3. The van der Waals surface area contributed by atoms with Crippen LogP contribution in [0.3, 0.4) is 0 Å². The molecule has 1 aliphatic heterocycles. The van der Waals surface area contributed by atoms with Crippen molar-refractivity contribution in [3.63, 3.8) is 0 Å². The number of likely N-dealkylation sites (N-methyl/N-ethyl adjacent to an activating group) is 2. The molecule has 0 aliphatic carbocycles. The third kappa shape index (κ3) is 3.40. The first-order chi connectivity index (χ1) is 8.19. The van der Waals surface area contributed by atoms with Gasteiger partial charge in [0, 0.05) is 30.3 Å². The Labute approximate surface area is 111 Å². The van der Waals surface area contributed by atoms with Gasteiger partial charge in [-0.2, -0.15) is 0 Å². The average Bonchev–Trinajstić information content (AvgIpc) is 2.29. The van der Waals surface area contributed by atoms with Gasteiger partial charge >= 0.3 is 0 Å². The summed E-state index contributed by atoms with van der Waals surface area (Å²) in [6, 6.07) is 1.95. The first kappa shape index (κ1) is 12.8. The second-order valence-electron chi connectivity index (χ2n) is 4.30. The van der Waals surface area contributed by atoms with E-state index in [2.05, 4.69) is 44.7 Å². The van der Waals surface area contributed by atoms with Crippen LogP contribution in [0.5, 0.6) is 5.75 Å². The first-order valence-electron chi connectivity index (χ1n) is 5.89. The van der Waals surface area contributed by atoms with Gasteiger partial charge in [-0.25, -0.2) is 0 Å². The van der Waals surface area contributed by atoms with Gasteiger partial charge in [0.2, 0.25) is 0 Å². The van der Waals surface area contributed by atoms with Crippen molar-refractivity contribution in [1.82, 2.24) is 14.8 Å². The van der Waals surface area contributed by atoms with Gasteiger partial charge in [0.15, 0.2) is 6.23 Å². The van der Waals surface area contributed by atoms with Crippen molar-refractivity contribution < 1.29 is 4.74 Å². The van der Waals surface area contributed by atoms with Gasteiger partial charge in [-0.1, -0.05) is 6.92 Å². The van der Waals surface area contributed by atoms with E-state index >= 15 is 0 Å². The van der Waals surface area contributed by atoms with E-state index in [0.29, 0.717) is 0 Å². The molecular formula is C12H18BrN3O. The molecule has 1 saturated heterocycles. The lowest BCUT2D eigenvalue weighted by Gasteiger charge is -2.39. The number of piperazine rings is 1. The van der Waals surface area contributed by atoms with E-state index in [4.69, 9.17) is 4.74 Å². The van der Waals surface area contributed by atoms with Gasteiger partial charge in [-0.15, -0.1) is 0 Å². The van der Waals surface area contributed by atoms with Crippen molar-refractivity contribution in [2.45, 2.75) is 13.2 Å². The lowest BCUT2D eigenvalue weighted by Crippen LogP contribution is -2.54. The molecular weight excluding hydrogens is 282 g/mol. The highest BCUT2D eigenvalue weighted by Crippen LogP contribution is 2.19. The molecule has 2 rings (SSSR count). The highest BCUT2D eigenvalue weighted by atomic mass is 79.9. The molecule has 0 aromatic carbocycles. The minimum atomic E-state index is 0.120. The lowest BCUT2D eigenvalue weighted by molar-refractivity contribution is -0.0284. The molecule has 2 heterocycles. The fourth-order valence-corrected chi connectivity index (χ4v) is 2.35. The van der Waals surface area contributed by atoms with Crippen molar-refractivity contribution in [3.8, 4) is 5.75 Å². The molecule has 1 fully saturated rings. The summed E-state index contributed by atoms with van der Waals surface area (Å²) in [7, 11) is 2.13. The zero-order valence-electron chi connectivity index (χ0n) is 10.3. The van der Waals surface area contributed by atoms with Crippen LogP contribution in [0.25, 0.3) is 0 Å². The van der Waals surface area contributed by atoms with Crippen LogP contribution in [-0.2, 0) is 0 Å². The monoisotopic (exact) mass is 299 g/mol. The molecule has 0 saturated carbocycles. The maximum absolute atomic E-state index is 6.00. The molecule has 0 radical (unpaired) electrons. The lowest BCUT2D eigenvalue weighted by atomic mass is 10.3. The van der Waals surface area contributed by atoms with Crippen LogP contribution in [0.4, 0.5) is 0 Å². The third-order valence-electron chi connectivity index (χ3n) is 3.00. The quantitative estimate of drug-likeness (QED) is 0.851. The van der Waals surface area contributed by atoms with Crippen LogP contribution >= 0.6 is 15.9 Å². The molecule has 1 aromatic rings.